The SMILES string of the molecule is C[C@H](NC(=O)CNC(=O)c1ccc(Cl)cc1Cl)c1ccc2c(c1)OCCO2. The van der Waals surface area contributed by atoms with Gasteiger partial charge in [-0.05, 0) is 42.8 Å². The minimum atomic E-state index is -0.446. The summed E-state index contributed by atoms with van der Waals surface area (Å²) in [4.78, 5) is 24.3. The molecule has 0 fully saturated rings. The van der Waals surface area contributed by atoms with Crippen molar-refractivity contribution in [3.05, 3.63) is 57.6 Å². The molecule has 8 heteroatoms. The van der Waals surface area contributed by atoms with Crippen LogP contribution >= 0.6 is 23.2 Å². The summed E-state index contributed by atoms with van der Waals surface area (Å²) in [6.45, 7) is 2.69. The fraction of sp³-hybridized carbons (Fsp3) is 0.263. The Morgan fingerprint density at radius 2 is 1.81 bits per heavy atom. The zero-order valence-corrected chi connectivity index (χ0v) is 16.1. The fourth-order valence-electron chi connectivity index (χ4n) is 2.63. The molecule has 2 amide bonds. The average molecular weight is 409 g/mol. The third-order valence-electron chi connectivity index (χ3n) is 4.03. The van der Waals surface area contributed by atoms with Crippen molar-refractivity contribution in [1.29, 1.82) is 0 Å². The summed E-state index contributed by atoms with van der Waals surface area (Å²) in [5, 5.41) is 6.03. The van der Waals surface area contributed by atoms with E-state index in [9.17, 15) is 9.59 Å². The van der Waals surface area contributed by atoms with Gasteiger partial charge in [-0.1, -0.05) is 29.3 Å². The van der Waals surface area contributed by atoms with Crippen LogP contribution in [0.2, 0.25) is 10.0 Å². The van der Waals surface area contributed by atoms with Gasteiger partial charge in [0.25, 0.3) is 5.91 Å². The normalized spacial score (nSPS) is 13.6. The van der Waals surface area contributed by atoms with Gasteiger partial charge in [-0.15, -0.1) is 0 Å². The standard InChI is InChI=1S/C19H18Cl2N2O4/c1-11(12-2-5-16-17(8-12)27-7-6-26-16)23-18(24)10-22-19(25)14-4-3-13(20)9-15(14)21/h2-5,8-9,11H,6-7,10H2,1H3,(H,22,25)(H,23,24)/t11-/m0/s1. The predicted octanol–water partition coefficient (Wildman–Crippen LogP) is 3.37. The molecule has 6 nitrogen and oxygen atoms in total. The number of hydrogen-bond acceptors (Lipinski definition) is 4. The van der Waals surface area contributed by atoms with Crippen LogP contribution < -0.4 is 20.1 Å². The van der Waals surface area contributed by atoms with Crippen molar-refractivity contribution < 1.29 is 19.1 Å². The molecule has 1 heterocycles. The topological polar surface area (TPSA) is 76.7 Å². The van der Waals surface area contributed by atoms with Crippen LogP contribution in [0.4, 0.5) is 0 Å². The zero-order valence-electron chi connectivity index (χ0n) is 14.6. The largest absolute Gasteiger partial charge is 0.486 e. The highest BCUT2D eigenvalue weighted by atomic mass is 35.5. The number of fused-ring (bicyclic) bond motifs is 1. The van der Waals surface area contributed by atoms with E-state index in [2.05, 4.69) is 10.6 Å². The Bertz CT molecular complexity index is 873. The summed E-state index contributed by atoms with van der Waals surface area (Å²) in [6.07, 6.45) is 0. The van der Waals surface area contributed by atoms with Gasteiger partial charge in [-0.3, -0.25) is 9.59 Å². The van der Waals surface area contributed by atoms with Gasteiger partial charge in [-0.25, -0.2) is 0 Å². The van der Waals surface area contributed by atoms with E-state index in [4.69, 9.17) is 32.7 Å². The molecule has 0 radical (unpaired) electrons. The van der Waals surface area contributed by atoms with Crippen LogP contribution in [0.15, 0.2) is 36.4 Å². The highest BCUT2D eigenvalue weighted by Crippen LogP contribution is 2.32. The Morgan fingerprint density at radius 1 is 1.07 bits per heavy atom. The molecule has 0 spiro atoms. The highest BCUT2D eigenvalue weighted by molar-refractivity contribution is 6.36. The summed E-state index contributed by atoms with van der Waals surface area (Å²) < 4.78 is 11.0. The number of ether oxygens (including phenoxy) is 2. The minimum absolute atomic E-state index is 0.174. The second-order valence-electron chi connectivity index (χ2n) is 6.00. The molecular weight excluding hydrogens is 391 g/mol. The van der Waals surface area contributed by atoms with Gasteiger partial charge < -0.3 is 20.1 Å². The van der Waals surface area contributed by atoms with E-state index >= 15 is 0 Å². The summed E-state index contributed by atoms with van der Waals surface area (Å²) >= 11 is 11.8. The molecule has 0 saturated heterocycles. The predicted molar refractivity (Wildman–Crippen MR) is 103 cm³/mol. The van der Waals surface area contributed by atoms with Gasteiger partial charge in [0.15, 0.2) is 11.5 Å². The molecule has 2 aromatic carbocycles. The van der Waals surface area contributed by atoms with Crippen LogP contribution in [-0.2, 0) is 4.79 Å². The lowest BCUT2D eigenvalue weighted by Gasteiger charge is -2.21. The summed E-state index contributed by atoms with van der Waals surface area (Å²) in [6, 6.07) is 9.81. The second kappa shape index (κ2) is 8.50. The molecule has 0 unspecified atom stereocenters. The first kappa shape index (κ1) is 19.3. The molecule has 1 aliphatic rings. The van der Waals surface area contributed by atoms with E-state index in [0.29, 0.717) is 29.7 Å². The molecule has 0 bridgehead atoms. The molecule has 2 aromatic rings. The summed E-state index contributed by atoms with van der Waals surface area (Å²) in [5.41, 5.74) is 1.13. The molecule has 0 saturated carbocycles. The Balaban J connectivity index is 1.55. The molecule has 142 valence electrons. The molecule has 27 heavy (non-hydrogen) atoms. The van der Waals surface area contributed by atoms with E-state index in [0.717, 1.165) is 5.56 Å². The fourth-order valence-corrected chi connectivity index (χ4v) is 3.13. The number of carbonyl (C=O) groups excluding carboxylic acids is 2. The van der Waals surface area contributed by atoms with E-state index in [1.807, 2.05) is 25.1 Å². The van der Waals surface area contributed by atoms with Crippen molar-refractivity contribution in [2.45, 2.75) is 13.0 Å². The molecular formula is C19H18Cl2N2O4. The molecule has 1 atom stereocenters. The van der Waals surface area contributed by atoms with Gasteiger partial charge in [0, 0.05) is 5.02 Å². The Labute approximate surface area is 166 Å². The Hall–Kier alpha value is -2.44. The third-order valence-corrected chi connectivity index (χ3v) is 4.58. The van der Waals surface area contributed by atoms with Crippen LogP contribution in [0.1, 0.15) is 28.9 Å². The average Bonchev–Trinajstić information content (AvgIpc) is 2.65. The van der Waals surface area contributed by atoms with Crippen LogP contribution in [0.25, 0.3) is 0 Å². The van der Waals surface area contributed by atoms with Gasteiger partial charge in [-0.2, -0.15) is 0 Å². The van der Waals surface area contributed by atoms with Crippen molar-refractivity contribution in [3.8, 4) is 11.5 Å². The maximum atomic E-state index is 12.2. The van der Waals surface area contributed by atoms with Crippen LogP contribution in [0, 0.1) is 0 Å². The summed E-state index contributed by atoms with van der Waals surface area (Å²) in [7, 11) is 0. The number of rotatable bonds is 5. The van der Waals surface area contributed by atoms with E-state index in [-0.39, 0.29) is 29.1 Å². The lowest BCUT2D eigenvalue weighted by atomic mass is 10.1. The maximum absolute atomic E-state index is 12.2. The first-order chi connectivity index (χ1) is 12.9. The maximum Gasteiger partial charge on any atom is 0.253 e. The van der Waals surface area contributed by atoms with Crippen molar-refractivity contribution in [2.75, 3.05) is 19.8 Å². The smallest absolute Gasteiger partial charge is 0.253 e. The Morgan fingerprint density at radius 3 is 2.56 bits per heavy atom. The zero-order chi connectivity index (χ0) is 19.4. The Kier molecular flexibility index (Phi) is 6.08. The van der Waals surface area contributed by atoms with Crippen LogP contribution in [0.5, 0.6) is 11.5 Å². The molecule has 0 aliphatic carbocycles. The first-order valence-corrected chi connectivity index (χ1v) is 9.12. The van der Waals surface area contributed by atoms with Crippen molar-refractivity contribution in [2.24, 2.45) is 0 Å². The van der Waals surface area contributed by atoms with Gasteiger partial charge in [0.1, 0.15) is 13.2 Å². The van der Waals surface area contributed by atoms with Crippen molar-refractivity contribution in [1.82, 2.24) is 10.6 Å². The van der Waals surface area contributed by atoms with Gasteiger partial charge in [0.2, 0.25) is 5.91 Å². The van der Waals surface area contributed by atoms with Crippen molar-refractivity contribution >= 4 is 35.0 Å². The lowest BCUT2D eigenvalue weighted by molar-refractivity contribution is -0.120. The van der Waals surface area contributed by atoms with Gasteiger partial charge >= 0.3 is 0 Å². The number of halogens is 2. The third kappa shape index (κ3) is 4.84. The van der Waals surface area contributed by atoms with Crippen LogP contribution in [0.3, 0.4) is 0 Å². The minimum Gasteiger partial charge on any atom is -0.486 e. The summed E-state index contributed by atoms with van der Waals surface area (Å²) in [5.74, 6) is 0.579. The highest BCUT2D eigenvalue weighted by Gasteiger charge is 2.17. The molecule has 0 aromatic heterocycles. The molecule has 2 N–H and O–H groups in total. The van der Waals surface area contributed by atoms with E-state index in [1.165, 1.54) is 12.1 Å². The molecule has 1 aliphatic heterocycles. The molecule has 3 rings (SSSR count). The monoisotopic (exact) mass is 408 g/mol. The number of hydrogen-bond donors (Lipinski definition) is 2. The van der Waals surface area contributed by atoms with Crippen LogP contribution in [-0.4, -0.2) is 31.6 Å². The number of benzene rings is 2. The van der Waals surface area contributed by atoms with E-state index < -0.39 is 5.91 Å². The quantitative estimate of drug-likeness (QED) is 0.794. The second-order valence-corrected chi connectivity index (χ2v) is 6.84. The van der Waals surface area contributed by atoms with E-state index in [1.54, 1.807) is 6.07 Å². The number of amides is 2. The first-order valence-electron chi connectivity index (χ1n) is 8.36. The number of nitrogens with one attached hydrogen (secondary N) is 2. The lowest BCUT2D eigenvalue weighted by Crippen LogP contribution is -2.38. The van der Waals surface area contributed by atoms with Gasteiger partial charge in [0.05, 0.1) is 23.2 Å². The number of carbonyl (C=O) groups is 2. The van der Waals surface area contributed by atoms with Crippen molar-refractivity contribution in [3.63, 3.8) is 0 Å².